The molecule has 30 heavy (non-hydrogen) atoms. The first kappa shape index (κ1) is 21.4. The molecule has 0 radical (unpaired) electrons. The number of aryl methyl sites for hydroxylation is 2. The van der Waals surface area contributed by atoms with E-state index in [0.29, 0.717) is 6.54 Å². The van der Waals surface area contributed by atoms with Crippen LogP contribution in [0.15, 0.2) is 59.4 Å². The zero-order chi connectivity index (χ0) is 21.7. The maximum Gasteiger partial charge on any atom is 0.328 e. The van der Waals surface area contributed by atoms with Crippen LogP contribution < -0.4 is 5.69 Å². The fraction of sp³-hybridized carbons (Fsp3) is 0.348. The van der Waals surface area contributed by atoms with Crippen LogP contribution >= 0.6 is 0 Å². The molecule has 0 N–H and O–H groups in total. The summed E-state index contributed by atoms with van der Waals surface area (Å²) in [5.74, 6) is -0.754. The second-order valence-corrected chi connectivity index (χ2v) is 7.49. The Morgan fingerprint density at radius 1 is 1.00 bits per heavy atom. The highest BCUT2D eigenvalue weighted by Crippen LogP contribution is 2.12. The lowest BCUT2D eigenvalue weighted by atomic mass is 10.2. The molecule has 1 amide bonds. The molecular weight excluding hydrogens is 382 g/mol. The van der Waals surface area contributed by atoms with Crippen molar-refractivity contribution in [3.63, 3.8) is 0 Å². The average Bonchev–Trinajstić information content (AvgIpc) is 2.99. The number of esters is 1. The molecule has 0 saturated carbocycles. The van der Waals surface area contributed by atoms with E-state index in [4.69, 9.17) is 4.74 Å². The topological polar surface area (TPSA) is 73.5 Å². The molecule has 7 nitrogen and oxygen atoms in total. The molecule has 0 atom stereocenters. The number of benzene rings is 2. The van der Waals surface area contributed by atoms with Gasteiger partial charge in [0.1, 0.15) is 0 Å². The van der Waals surface area contributed by atoms with Crippen LogP contribution in [0.5, 0.6) is 0 Å². The number of fused-ring (bicyclic) bond motifs is 1. The highest BCUT2D eigenvalue weighted by Gasteiger charge is 2.19. The highest BCUT2D eigenvalue weighted by molar-refractivity contribution is 5.81. The van der Waals surface area contributed by atoms with E-state index in [1.165, 1.54) is 0 Å². The molecule has 1 aromatic heterocycles. The Kier molecular flexibility index (Phi) is 6.72. The van der Waals surface area contributed by atoms with Gasteiger partial charge in [-0.1, -0.05) is 42.5 Å². The summed E-state index contributed by atoms with van der Waals surface area (Å²) in [6.07, 6.45) is 0.0154. The van der Waals surface area contributed by atoms with Gasteiger partial charge in [0.2, 0.25) is 0 Å². The Hall–Kier alpha value is -3.35. The third-order valence-electron chi connectivity index (χ3n) is 5.09. The van der Waals surface area contributed by atoms with Crippen LogP contribution in [0.1, 0.15) is 25.8 Å². The molecule has 1 heterocycles. The number of imidazole rings is 1. The van der Waals surface area contributed by atoms with Gasteiger partial charge in [-0.25, -0.2) is 4.79 Å². The van der Waals surface area contributed by atoms with Crippen molar-refractivity contribution in [3.8, 4) is 0 Å². The van der Waals surface area contributed by atoms with Crippen molar-refractivity contribution in [2.75, 3.05) is 6.61 Å². The van der Waals surface area contributed by atoms with Crippen LogP contribution in [0.4, 0.5) is 0 Å². The number of aromatic nitrogens is 2. The van der Waals surface area contributed by atoms with Crippen molar-refractivity contribution in [2.45, 2.75) is 39.4 Å². The number of hydrogen-bond acceptors (Lipinski definition) is 4. The molecule has 2 aromatic carbocycles. The minimum atomic E-state index is -0.508. The first-order chi connectivity index (χ1) is 14.4. The minimum Gasteiger partial charge on any atom is -0.456 e. The quantitative estimate of drug-likeness (QED) is 0.536. The summed E-state index contributed by atoms with van der Waals surface area (Å²) in [5, 5.41) is 0. The molecule has 0 fully saturated rings. The molecule has 0 aliphatic rings. The second-order valence-electron chi connectivity index (χ2n) is 7.49. The Balaban J connectivity index is 1.57. The van der Waals surface area contributed by atoms with Crippen LogP contribution in [-0.4, -0.2) is 38.6 Å². The van der Waals surface area contributed by atoms with Crippen molar-refractivity contribution >= 4 is 22.9 Å². The fourth-order valence-corrected chi connectivity index (χ4v) is 3.42. The van der Waals surface area contributed by atoms with Gasteiger partial charge in [-0.3, -0.25) is 18.7 Å². The van der Waals surface area contributed by atoms with Crippen molar-refractivity contribution in [1.82, 2.24) is 14.0 Å². The van der Waals surface area contributed by atoms with Crippen LogP contribution in [0.25, 0.3) is 11.0 Å². The highest BCUT2D eigenvalue weighted by atomic mass is 16.5. The van der Waals surface area contributed by atoms with Gasteiger partial charge in [-0.2, -0.15) is 0 Å². The number of amides is 1. The molecule has 0 aliphatic heterocycles. The van der Waals surface area contributed by atoms with Gasteiger partial charge < -0.3 is 9.64 Å². The van der Waals surface area contributed by atoms with Gasteiger partial charge in [0.25, 0.3) is 5.91 Å². The molecule has 0 bridgehead atoms. The molecular formula is C23H27N3O4. The normalized spacial score (nSPS) is 11.1. The largest absolute Gasteiger partial charge is 0.456 e. The smallest absolute Gasteiger partial charge is 0.328 e. The lowest BCUT2D eigenvalue weighted by molar-refractivity contribution is -0.153. The maximum atomic E-state index is 12.6. The summed E-state index contributed by atoms with van der Waals surface area (Å²) in [4.78, 5) is 38.9. The van der Waals surface area contributed by atoms with E-state index in [1.54, 1.807) is 21.1 Å². The van der Waals surface area contributed by atoms with Gasteiger partial charge in [0.05, 0.1) is 17.5 Å². The monoisotopic (exact) mass is 409 g/mol. The van der Waals surface area contributed by atoms with Crippen molar-refractivity contribution in [1.29, 1.82) is 0 Å². The Labute approximate surface area is 175 Å². The van der Waals surface area contributed by atoms with E-state index in [2.05, 4.69) is 0 Å². The Morgan fingerprint density at radius 2 is 1.63 bits per heavy atom. The molecule has 158 valence electrons. The second kappa shape index (κ2) is 9.43. The maximum absolute atomic E-state index is 12.6. The van der Waals surface area contributed by atoms with Crippen LogP contribution in [-0.2, 0) is 34.5 Å². The van der Waals surface area contributed by atoms with Gasteiger partial charge in [-0.05, 0) is 31.5 Å². The minimum absolute atomic E-state index is 0.0154. The number of nitrogens with zero attached hydrogens (tertiary/aromatic N) is 3. The van der Waals surface area contributed by atoms with E-state index in [1.807, 2.05) is 68.4 Å². The zero-order valence-electron chi connectivity index (χ0n) is 17.6. The number of rotatable bonds is 8. The van der Waals surface area contributed by atoms with Crippen molar-refractivity contribution < 1.29 is 14.3 Å². The number of carbonyl (C=O) groups is 2. The first-order valence-electron chi connectivity index (χ1n) is 10.0. The number of carbonyl (C=O) groups excluding carboxylic acids is 2. The summed E-state index contributed by atoms with van der Waals surface area (Å²) < 4.78 is 8.30. The van der Waals surface area contributed by atoms with E-state index in [9.17, 15) is 14.4 Å². The molecule has 0 spiro atoms. The number of para-hydroxylation sites is 2. The van der Waals surface area contributed by atoms with Crippen LogP contribution in [0.2, 0.25) is 0 Å². The predicted octanol–water partition coefficient (Wildman–Crippen LogP) is 2.71. The van der Waals surface area contributed by atoms with Crippen molar-refractivity contribution in [3.05, 3.63) is 70.6 Å². The lowest BCUT2D eigenvalue weighted by Gasteiger charge is -2.26. The molecule has 0 saturated heterocycles. The summed E-state index contributed by atoms with van der Waals surface area (Å²) in [6, 6.07) is 17.1. The predicted molar refractivity (Wildman–Crippen MR) is 115 cm³/mol. The lowest BCUT2D eigenvalue weighted by Crippen LogP contribution is -2.39. The van der Waals surface area contributed by atoms with E-state index >= 15 is 0 Å². The molecule has 3 aromatic rings. The third kappa shape index (κ3) is 4.79. The summed E-state index contributed by atoms with van der Waals surface area (Å²) in [7, 11) is 1.70. The van der Waals surface area contributed by atoms with E-state index < -0.39 is 5.97 Å². The van der Waals surface area contributed by atoms with E-state index in [0.717, 1.165) is 16.6 Å². The van der Waals surface area contributed by atoms with Gasteiger partial charge in [0.15, 0.2) is 6.61 Å². The standard InChI is InChI=1S/C23H27N3O4/c1-17(2)26(15-18-9-5-4-6-10-18)21(27)16-30-22(28)13-14-25-20-12-8-7-11-19(20)24(3)23(25)29/h4-12,17H,13-16H2,1-3H3. The summed E-state index contributed by atoms with van der Waals surface area (Å²) >= 11 is 0. The average molecular weight is 409 g/mol. The third-order valence-corrected chi connectivity index (χ3v) is 5.09. The first-order valence-corrected chi connectivity index (χ1v) is 10.0. The SMILES string of the molecule is CC(C)N(Cc1ccccc1)C(=O)COC(=O)CCn1c(=O)n(C)c2ccccc21. The zero-order valence-corrected chi connectivity index (χ0v) is 17.6. The van der Waals surface area contributed by atoms with Gasteiger partial charge >= 0.3 is 11.7 Å². The molecule has 3 rings (SSSR count). The van der Waals surface area contributed by atoms with Gasteiger partial charge in [0, 0.05) is 26.2 Å². The van der Waals surface area contributed by atoms with Crippen LogP contribution in [0.3, 0.4) is 0 Å². The Bertz CT molecular complexity index is 1080. The summed E-state index contributed by atoms with van der Waals surface area (Å²) in [6.45, 7) is 4.20. The Morgan fingerprint density at radius 3 is 2.30 bits per heavy atom. The number of ether oxygens (including phenoxy) is 1. The van der Waals surface area contributed by atoms with Gasteiger partial charge in [-0.15, -0.1) is 0 Å². The molecule has 0 unspecified atom stereocenters. The molecule has 7 heteroatoms. The van der Waals surface area contributed by atoms with Crippen molar-refractivity contribution in [2.24, 2.45) is 7.05 Å². The fourth-order valence-electron chi connectivity index (χ4n) is 3.42. The van der Waals surface area contributed by atoms with E-state index in [-0.39, 0.29) is 37.2 Å². The summed E-state index contributed by atoms with van der Waals surface area (Å²) in [5.41, 5.74) is 2.40. The molecule has 0 aliphatic carbocycles. The number of hydrogen-bond donors (Lipinski definition) is 0. The van der Waals surface area contributed by atoms with Crippen LogP contribution in [0, 0.1) is 0 Å².